The normalized spacial score (nSPS) is 20.4. The van der Waals surface area contributed by atoms with Crippen molar-refractivity contribution in [3.05, 3.63) is 11.3 Å². The number of aryl methyl sites for hydroxylation is 1. The molecule has 1 fully saturated rings. The second-order valence-electron chi connectivity index (χ2n) is 3.87. The van der Waals surface area contributed by atoms with Crippen molar-refractivity contribution >= 4 is 5.82 Å². The summed E-state index contributed by atoms with van der Waals surface area (Å²) in [6.07, 6.45) is 1.04. The Kier molecular flexibility index (Phi) is 2.60. The van der Waals surface area contributed by atoms with Crippen molar-refractivity contribution in [2.75, 3.05) is 18.9 Å². The third kappa shape index (κ3) is 1.81. The monoisotopic (exact) mass is 206 g/mol. The van der Waals surface area contributed by atoms with Crippen LogP contribution in [0.4, 0.5) is 5.82 Å². The maximum atomic E-state index is 8.87. The number of nitrogens with zero attached hydrogens (tertiary/aromatic N) is 3. The zero-order valence-corrected chi connectivity index (χ0v) is 8.73. The molecule has 2 rings (SSSR count). The zero-order valence-electron chi connectivity index (χ0n) is 8.73. The van der Waals surface area contributed by atoms with E-state index in [2.05, 4.69) is 11.2 Å². The van der Waals surface area contributed by atoms with E-state index >= 15 is 0 Å². The molecule has 0 bridgehead atoms. The minimum atomic E-state index is 0.471. The summed E-state index contributed by atoms with van der Waals surface area (Å²) >= 11 is 0. The van der Waals surface area contributed by atoms with Gasteiger partial charge in [0.2, 0.25) is 0 Å². The van der Waals surface area contributed by atoms with Crippen LogP contribution in [-0.2, 0) is 11.3 Å². The summed E-state index contributed by atoms with van der Waals surface area (Å²) in [5.41, 5.74) is 7.03. The van der Waals surface area contributed by atoms with Crippen LogP contribution >= 0.6 is 0 Å². The van der Waals surface area contributed by atoms with Crippen LogP contribution in [0.2, 0.25) is 0 Å². The summed E-state index contributed by atoms with van der Waals surface area (Å²) < 4.78 is 7.00. The first kappa shape index (κ1) is 9.99. The highest BCUT2D eigenvalue weighted by molar-refractivity contribution is 5.51. The Morgan fingerprint density at radius 1 is 1.73 bits per heavy atom. The molecule has 80 valence electrons. The second-order valence-corrected chi connectivity index (χ2v) is 3.87. The topological polar surface area (TPSA) is 76.9 Å². The quantitative estimate of drug-likeness (QED) is 0.772. The van der Waals surface area contributed by atoms with Gasteiger partial charge >= 0.3 is 0 Å². The number of nitriles is 1. The fourth-order valence-electron chi connectivity index (χ4n) is 1.85. The zero-order chi connectivity index (χ0) is 10.8. The van der Waals surface area contributed by atoms with E-state index < -0.39 is 0 Å². The molecule has 0 radical (unpaired) electrons. The van der Waals surface area contributed by atoms with Gasteiger partial charge in [0.15, 0.2) is 0 Å². The van der Waals surface area contributed by atoms with E-state index in [0.29, 0.717) is 23.0 Å². The van der Waals surface area contributed by atoms with Gasteiger partial charge in [-0.3, -0.25) is 0 Å². The number of ether oxygens (including phenoxy) is 1. The smallest absolute Gasteiger partial charge is 0.140 e. The third-order valence-electron chi connectivity index (χ3n) is 2.73. The van der Waals surface area contributed by atoms with E-state index in [-0.39, 0.29) is 0 Å². The molecule has 1 saturated heterocycles. The van der Waals surface area contributed by atoms with Crippen LogP contribution in [-0.4, -0.2) is 23.0 Å². The predicted molar refractivity (Wildman–Crippen MR) is 55.0 cm³/mol. The van der Waals surface area contributed by atoms with Crippen molar-refractivity contribution in [1.82, 2.24) is 9.78 Å². The van der Waals surface area contributed by atoms with E-state index in [1.165, 1.54) is 0 Å². The molecule has 0 aromatic carbocycles. The lowest BCUT2D eigenvalue weighted by atomic mass is 10.1. The van der Waals surface area contributed by atoms with Gasteiger partial charge in [-0.2, -0.15) is 10.4 Å². The van der Waals surface area contributed by atoms with Gasteiger partial charge in [0, 0.05) is 19.1 Å². The second kappa shape index (κ2) is 3.91. The van der Waals surface area contributed by atoms with Crippen molar-refractivity contribution in [2.45, 2.75) is 19.9 Å². The van der Waals surface area contributed by atoms with E-state index in [4.69, 9.17) is 15.7 Å². The van der Waals surface area contributed by atoms with Gasteiger partial charge in [0.05, 0.1) is 12.3 Å². The molecule has 15 heavy (non-hydrogen) atoms. The van der Waals surface area contributed by atoms with Crippen molar-refractivity contribution in [1.29, 1.82) is 5.26 Å². The third-order valence-corrected chi connectivity index (χ3v) is 2.73. The Hall–Kier alpha value is -1.54. The number of nitrogens with two attached hydrogens (primary N) is 1. The summed E-state index contributed by atoms with van der Waals surface area (Å²) in [5, 5.41) is 13.1. The van der Waals surface area contributed by atoms with Gasteiger partial charge in [0.25, 0.3) is 0 Å². The van der Waals surface area contributed by atoms with Gasteiger partial charge in [-0.1, -0.05) is 0 Å². The average Bonchev–Trinajstić information content (AvgIpc) is 2.78. The number of nitrogen functional groups attached to an aromatic ring is 1. The molecule has 2 N–H and O–H groups in total. The van der Waals surface area contributed by atoms with Crippen LogP contribution in [0.5, 0.6) is 0 Å². The molecule has 2 heterocycles. The van der Waals surface area contributed by atoms with Crippen molar-refractivity contribution in [2.24, 2.45) is 5.92 Å². The molecule has 5 nitrogen and oxygen atoms in total. The van der Waals surface area contributed by atoms with E-state index in [0.717, 1.165) is 26.2 Å². The standard InChI is InChI=1S/C10H14N4O/c1-7-9(4-11)10(12)14(13-7)5-8-2-3-15-6-8/h8H,2-3,5-6,12H2,1H3. The lowest BCUT2D eigenvalue weighted by Gasteiger charge is -2.08. The summed E-state index contributed by atoms with van der Waals surface area (Å²) in [6, 6.07) is 2.07. The molecule has 0 aliphatic carbocycles. The first-order valence-corrected chi connectivity index (χ1v) is 5.03. The number of aromatic nitrogens is 2. The Morgan fingerprint density at radius 2 is 2.53 bits per heavy atom. The number of rotatable bonds is 2. The van der Waals surface area contributed by atoms with Crippen LogP contribution in [0.3, 0.4) is 0 Å². The first-order chi connectivity index (χ1) is 7.22. The molecule has 1 aromatic heterocycles. The molecule has 0 spiro atoms. The van der Waals surface area contributed by atoms with E-state index in [1.807, 2.05) is 0 Å². The molecular formula is C10H14N4O. The largest absolute Gasteiger partial charge is 0.383 e. The van der Waals surface area contributed by atoms with Crippen molar-refractivity contribution in [3.63, 3.8) is 0 Å². The molecule has 5 heteroatoms. The molecule has 0 saturated carbocycles. The predicted octanol–water partition coefficient (Wildman–Crippen LogP) is 0.682. The minimum Gasteiger partial charge on any atom is -0.383 e. The number of hydrogen-bond donors (Lipinski definition) is 1. The fraction of sp³-hybridized carbons (Fsp3) is 0.600. The highest BCUT2D eigenvalue weighted by atomic mass is 16.5. The SMILES string of the molecule is Cc1nn(CC2CCOC2)c(N)c1C#N. The van der Waals surface area contributed by atoms with Crippen LogP contribution < -0.4 is 5.73 Å². The highest BCUT2D eigenvalue weighted by Gasteiger charge is 2.19. The van der Waals surface area contributed by atoms with Crippen LogP contribution in [0.1, 0.15) is 17.7 Å². The Bertz CT molecular complexity index is 398. The maximum Gasteiger partial charge on any atom is 0.140 e. The van der Waals surface area contributed by atoms with Gasteiger partial charge < -0.3 is 10.5 Å². The van der Waals surface area contributed by atoms with Gasteiger partial charge in [0.1, 0.15) is 17.5 Å². The summed E-state index contributed by atoms with van der Waals surface area (Å²) in [5.74, 6) is 0.944. The van der Waals surface area contributed by atoms with Gasteiger partial charge in [-0.25, -0.2) is 4.68 Å². The minimum absolute atomic E-state index is 0.471. The molecule has 0 amide bonds. The van der Waals surface area contributed by atoms with Crippen LogP contribution in [0.15, 0.2) is 0 Å². The number of hydrogen-bond acceptors (Lipinski definition) is 4. The van der Waals surface area contributed by atoms with Gasteiger partial charge in [-0.15, -0.1) is 0 Å². The number of anilines is 1. The summed E-state index contributed by atoms with van der Waals surface area (Å²) in [6.45, 7) is 4.13. The molecule has 1 unspecified atom stereocenters. The molecule has 1 aliphatic heterocycles. The van der Waals surface area contributed by atoms with E-state index in [9.17, 15) is 0 Å². The van der Waals surface area contributed by atoms with Gasteiger partial charge in [-0.05, 0) is 13.3 Å². The maximum absolute atomic E-state index is 8.87. The Labute approximate surface area is 88.4 Å². The molecular weight excluding hydrogens is 192 g/mol. The lowest BCUT2D eigenvalue weighted by Crippen LogP contribution is -2.14. The Morgan fingerprint density at radius 3 is 3.07 bits per heavy atom. The Balaban J connectivity index is 2.18. The first-order valence-electron chi connectivity index (χ1n) is 5.03. The molecule has 1 aromatic rings. The van der Waals surface area contributed by atoms with Crippen LogP contribution in [0, 0.1) is 24.2 Å². The molecule has 1 aliphatic rings. The lowest BCUT2D eigenvalue weighted by molar-refractivity contribution is 0.181. The highest BCUT2D eigenvalue weighted by Crippen LogP contribution is 2.20. The van der Waals surface area contributed by atoms with E-state index in [1.54, 1.807) is 11.6 Å². The van der Waals surface area contributed by atoms with Crippen LogP contribution in [0.25, 0.3) is 0 Å². The summed E-state index contributed by atoms with van der Waals surface area (Å²) in [7, 11) is 0. The fourth-order valence-corrected chi connectivity index (χ4v) is 1.85. The van der Waals surface area contributed by atoms with Crippen molar-refractivity contribution in [3.8, 4) is 6.07 Å². The molecule has 1 atom stereocenters. The average molecular weight is 206 g/mol. The van der Waals surface area contributed by atoms with Crippen molar-refractivity contribution < 1.29 is 4.74 Å². The summed E-state index contributed by atoms with van der Waals surface area (Å²) in [4.78, 5) is 0.